The molecule has 0 fully saturated rings. The molecule has 26 heavy (non-hydrogen) atoms. The largest absolute Gasteiger partial charge is 0.497 e. The van der Waals surface area contributed by atoms with Crippen molar-refractivity contribution in [1.29, 1.82) is 0 Å². The number of rotatable bonds is 6. The molecule has 0 bridgehead atoms. The first kappa shape index (κ1) is 17.3. The van der Waals surface area contributed by atoms with Crippen molar-refractivity contribution in [3.05, 3.63) is 78.6 Å². The number of nitrogens with one attached hydrogen (secondary N) is 2. The maximum atomic E-state index is 11.8. The van der Waals surface area contributed by atoms with Crippen LogP contribution in [0.15, 0.2) is 72.9 Å². The molecule has 3 rings (SSSR count). The molecule has 0 saturated heterocycles. The molecule has 0 atom stereocenters. The van der Waals surface area contributed by atoms with Crippen molar-refractivity contribution < 1.29 is 14.3 Å². The van der Waals surface area contributed by atoms with Crippen LogP contribution < -0.4 is 15.4 Å². The second kappa shape index (κ2) is 8.53. The summed E-state index contributed by atoms with van der Waals surface area (Å²) in [4.78, 5) is 15.9. The van der Waals surface area contributed by atoms with Crippen LogP contribution in [0, 0.1) is 0 Å². The second-order valence-corrected chi connectivity index (χ2v) is 5.45. The highest BCUT2D eigenvalue weighted by Gasteiger charge is 2.04. The predicted molar refractivity (Wildman–Crippen MR) is 101 cm³/mol. The van der Waals surface area contributed by atoms with Gasteiger partial charge in [-0.05, 0) is 60.7 Å². The van der Waals surface area contributed by atoms with Crippen molar-refractivity contribution >= 4 is 23.2 Å². The summed E-state index contributed by atoms with van der Waals surface area (Å²) in [7, 11) is 1.63. The number of anilines is 3. The summed E-state index contributed by atoms with van der Waals surface area (Å²) in [6, 6.07) is 20.4. The standard InChI is InChI=1S/C20H19N3O3/c1-25-19-11-9-16(10-12-19)22-15-5-7-17(8-6-15)23-20(24)26-14-18-4-2-3-13-21-18/h2-13,22H,14H2,1H3,(H,23,24). The van der Waals surface area contributed by atoms with Crippen LogP contribution in [0.25, 0.3) is 0 Å². The number of ether oxygens (including phenoxy) is 2. The zero-order valence-corrected chi connectivity index (χ0v) is 14.3. The fraction of sp³-hybridized carbons (Fsp3) is 0.100. The van der Waals surface area contributed by atoms with E-state index in [1.807, 2.05) is 48.5 Å². The van der Waals surface area contributed by atoms with Crippen LogP contribution in [-0.4, -0.2) is 18.2 Å². The third-order valence-corrected chi connectivity index (χ3v) is 3.59. The van der Waals surface area contributed by atoms with Crippen LogP contribution in [-0.2, 0) is 11.3 Å². The number of carbonyl (C=O) groups is 1. The Morgan fingerprint density at radius 3 is 2.19 bits per heavy atom. The van der Waals surface area contributed by atoms with Crippen molar-refractivity contribution in [2.45, 2.75) is 6.61 Å². The van der Waals surface area contributed by atoms with E-state index in [4.69, 9.17) is 9.47 Å². The lowest BCUT2D eigenvalue weighted by Crippen LogP contribution is -2.13. The number of hydrogen-bond acceptors (Lipinski definition) is 5. The van der Waals surface area contributed by atoms with E-state index in [1.54, 1.807) is 31.5 Å². The Morgan fingerprint density at radius 2 is 1.58 bits per heavy atom. The molecule has 0 saturated carbocycles. The highest BCUT2D eigenvalue weighted by Crippen LogP contribution is 2.21. The number of methoxy groups -OCH3 is 1. The van der Waals surface area contributed by atoms with Crippen LogP contribution in [0.4, 0.5) is 21.9 Å². The Hall–Kier alpha value is -3.54. The second-order valence-electron chi connectivity index (χ2n) is 5.45. The SMILES string of the molecule is COc1ccc(Nc2ccc(NC(=O)OCc3ccccn3)cc2)cc1. The molecule has 0 spiro atoms. The lowest BCUT2D eigenvalue weighted by molar-refractivity contribution is 0.153. The molecule has 0 aliphatic carbocycles. The third-order valence-electron chi connectivity index (χ3n) is 3.59. The number of carbonyl (C=O) groups excluding carboxylic acids is 1. The smallest absolute Gasteiger partial charge is 0.412 e. The molecule has 132 valence electrons. The number of pyridine rings is 1. The van der Waals surface area contributed by atoms with E-state index < -0.39 is 6.09 Å². The van der Waals surface area contributed by atoms with E-state index >= 15 is 0 Å². The van der Waals surface area contributed by atoms with Crippen LogP contribution in [0.1, 0.15) is 5.69 Å². The van der Waals surface area contributed by atoms with Gasteiger partial charge in [0.15, 0.2) is 0 Å². The fourth-order valence-corrected chi connectivity index (χ4v) is 2.25. The van der Waals surface area contributed by atoms with Gasteiger partial charge in [0.1, 0.15) is 12.4 Å². The summed E-state index contributed by atoms with van der Waals surface area (Å²) in [6.07, 6.45) is 1.14. The van der Waals surface area contributed by atoms with E-state index in [-0.39, 0.29) is 6.61 Å². The Kier molecular flexibility index (Phi) is 5.67. The summed E-state index contributed by atoms with van der Waals surface area (Å²) < 4.78 is 10.3. The Labute approximate surface area is 151 Å². The minimum atomic E-state index is -0.522. The topological polar surface area (TPSA) is 72.5 Å². The molecule has 1 aromatic heterocycles. The molecule has 2 aromatic carbocycles. The van der Waals surface area contributed by atoms with Crippen LogP contribution >= 0.6 is 0 Å². The molecular formula is C20H19N3O3. The molecule has 0 aliphatic heterocycles. The van der Waals surface area contributed by atoms with E-state index in [2.05, 4.69) is 15.6 Å². The molecule has 0 radical (unpaired) electrons. The fourth-order valence-electron chi connectivity index (χ4n) is 2.25. The van der Waals surface area contributed by atoms with Crippen LogP contribution in [0.2, 0.25) is 0 Å². The van der Waals surface area contributed by atoms with Gasteiger partial charge in [-0.3, -0.25) is 10.3 Å². The van der Waals surface area contributed by atoms with E-state index in [9.17, 15) is 4.79 Å². The number of aromatic nitrogens is 1. The van der Waals surface area contributed by atoms with Crippen molar-refractivity contribution in [2.75, 3.05) is 17.7 Å². The molecular weight excluding hydrogens is 330 g/mol. The van der Waals surface area contributed by atoms with Crippen molar-refractivity contribution in [3.8, 4) is 5.75 Å². The molecule has 0 aliphatic rings. The maximum Gasteiger partial charge on any atom is 0.412 e. The van der Waals surface area contributed by atoms with Gasteiger partial charge >= 0.3 is 6.09 Å². The van der Waals surface area contributed by atoms with Gasteiger partial charge in [0.05, 0.1) is 12.8 Å². The molecule has 0 unspecified atom stereocenters. The van der Waals surface area contributed by atoms with Crippen LogP contribution in [0.3, 0.4) is 0 Å². The Balaban J connectivity index is 1.51. The quantitative estimate of drug-likeness (QED) is 0.681. The number of nitrogens with zero attached hydrogens (tertiary/aromatic N) is 1. The molecule has 1 heterocycles. The summed E-state index contributed by atoms with van der Waals surface area (Å²) in [6.45, 7) is 0.129. The van der Waals surface area contributed by atoms with Gasteiger partial charge < -0.3 is 14.8 Å². The van der Waals surface area contributed by atoms with E-state index in [0.29, 0.717) is 11.4 Å². The van der Waals surface area contributed by atoms with Gasteiger partial charge in [-0.15, -0.1) is 0 Å². The third kappa shape index (κ3) is 4.98. The average Bonchev–Trinajstić information content (AvgIpc) is 2.69. The van der Waals surface area contributed by atoms with Gasteiger partial charge in [-0.2, -0.15) is 0 Å². The van der Waals surface area contributed by atoms with Gasteiger partial charge in [0.2, 0.25) is 0 Å². The van der Waals surface area contributed by atoms with Gasteiger partial charge in [-0.1, -0.05) is 6.07 Å². The maximum absolute atomic E-state index is 11.8. The first-order valence-corrected chi connectivity index (χ1v) is 8.08. The molecule has 2 N–H and O–H groups in total. The number of benzene rings is 2. The zero-order valence-electron chi connectivity index (χ0n) is 14.3. The van der Waals surface area contributed by atoms with Crippen molar-refractivity contribution in [1.82, 2.24) is 4.98 Å². The average molecular weight is 349 g/mol. The highest BCUT2D eigenvalue weighted by molar-refractivity contribution is 5.85. The Bertz CT molecular complexity index is 834. The van der Waals surface area contributed by atoms with E-state index in [1.165, 1.54) is 0 Å². The monoisotopic (exact) mass is 349 g/mol. The normalized spacial score (nSPS) is 10.0. The number of amides is 1. The highest BCUT2D eigenvalue weighted by atomic mass is 16.5. The minimum absolute atomic E-state index is 0.129. The van der Waals surface area contributed by atoms with E-state index in [0.717, 1.165) is 17.1 Å². The molecule has 6 heteroatoms. The van der Waals surface area contributed by atoms with Crippen molar-refractivity contribution in [3.63, 3.8) is 0 Å². The van der Waals surface area contributed by atoms with Crippen molar-refractivity contribution in [2.24, 2.45) is 0 Å². The molecule has 3 aromatic rings. The summed E-state index contributed by atoms with van der Waals surface area (Å²) in [5.74, 6) is 0.805. The van der Waals surface area contributed by atoms with Gasteiger partial charge in [0, 0.05) is 23.3 Å². The number of hydrogen-bond donors (Lipinski definition) is 2. The van der Waals surface area contributed by atoms with Crippen LogP contribution in [0.5, 0.6) is 5.75 Å². The Morgan fingerprint density at radius 1 is 0.923 bits per heavy atom. The lowest BCUT2D eigenvalue weighted by Gasteiger charge is -2.09. The predicted octanol–water partition coefficient (Wildman–Crippen LogP) is 4.58. The summed E-state index contributed by atoms with van der Waals surface area (Å²) >= 11 is 0. The van der Waals surface area contributed by atoms with Gasteiger partial charge in [-0.25, -0.2) is 4.79 Å². The first-order chi connectivity index (χ1) is 12.7. The van der Waals surface area contributed by atoms with Gasteiger partial charge in [0.25, 0.3) is 0 Å². The minimum Gasteiger partial charge on any atom is -0.497 e. The summed E-state index contributed by atoms with van der Waals surface area (Å²) in [5.41, 5.74) is 3.20. The molecule has 1 amide bonds. The zero-order chi connectivity index (χ0) is 18.2. The first-order valence-electron chi connectivity index (χ1n) is 8.08. The molecule has 6 nitrogen and oxygen atoms in total. The lowest BCUT2D eigenvalue weighted by atomic mass is 10.2. The summed E-state index contributed by atoms with van der Waals surface area (Å²) in [5, 5.41) is 5.96.